The van der Waals surface area contributed by atoms with Gasteiger partial charge in [0.05, 0.1) is 6.42 Å². The molecule has 0 saturated heterocycles. The minimum atomic E-state index is -0.534. The first-order valence-corrected chi connectivity index (χ1v) is 9.44. The molecule has 7 nitrogen and oxygen atoms in total. The van der Waals surface area contributed by atoms with Gasteiger partial charge in [-0.2, -0.15) is 0 Å². The highest BCUT2D eigenvalue weighted by atomic mass is 19.1. The van der Waals surface area contributed by atoms with Crippen molar-refractivity contribution in [1.29, 1.82) is 0 Å². The lowest BCUT2D eigenvalue weighted by Crippen LogP contribution is -2.30. The zero-order chi connectivity index (χ0) is 21.5. The molecule has 0 aliphatic carbocycles. The summed E-state index contributed by atoms with van der Waals surface area (Å²) in [7, 11) is 1.59. The van der Waals surface area contributed by atoms with Gasteiger partial charge in [0.1, 0.15) is 5.82 Å². The zero-order valence-electron chi connectivity index (χ0n) is 16.8. The van der Waals surface area contributed by atoms with E-state index in [2.05, 4.69) is 10.2 Å². The van der Waals surface area contributed by atoms with Gasteiger partial charge in [-0.05, 0) is 36.8 Å². The summed E-state index contributed by atoms with van der Waals surface area (Å²) in [5, 5.41) is 7.92. The Bertz CT molecular complexity index is 1000. The Morgan fingerprint density at radius 1 is 1.07 bits per heavy atom. The lowest BCUT2D eigenvalue weighted by atomic mass is 10.1. The highest BCUT2D eigenvalue weighted by molar-refractivity contribution is 5.80. The van der Waals surface area contributed by atoms with Gasteiger partial charge in [-0.3, -0.25) is 9.59 Å². The fraction of sp³-hybridized carbons (Fsp3) is 0.273. The van der Waals surface area contributed by atoms with Crippen LogP contribution in [0.2, 0.25) is 0 Å². The summed E-state index contributed by atoms with van der Waals surface area (Å²) in [5.41, 5.74) is 2.70. The molecule has 0 spiro atoms. The van der Waals surface area contributed by atoms with Crippen LogP contribution in [-0.4, -0.2) is 40.6 Å². The molecule has 0 aliphatic heterocycles. The first-order valence-electron chi connectivity index (χ1n) is 9.44. The summed E-state index contributed by atoms with van der Waals surface area (Å²) < 4.78 is 23.5. The number of esters is 1. The van der Waals surface area contributed by atoms with Crippen LogP contribution in [0.25, 0.3) is 11.5 Å². The monoisotopic (exact) mass is 411 g/mol. The van der Waals surface area contributed by atoms with Crippen LogP contribution in [0.5, 0.6) is 0 Å². The molecular weight excluding hydrogens is 389 g/mol. The molecule has 0 bridgehead atoms. The molecule has 30 heavy (non-hydrogen) atoms. The molecule has 0 aliphatic rings. The van der Waals surface area contributed by atoms with Gasteiger partial charge in [-0.1, -0.05) is 29.8 Å². The number of benzene rings is 2. The minimum absolute atomic E-state index is 0.0183. The van der Waals surface area contributed by atoms with Crippen LogP contribution in [-0.2, 0) is 27.3 Å². The normalized spacial score (nSPS) is 10.6. The van der Waals surface area contributed by atoms with Gasteiger partial charge in [0.25, 0.3) is 5.91 Å². The number of hydrogen-bond acceptors (Lipinski definition) is 6. The zero-order valence-corrected chi connectivity index (χ0v) is 16.8. The van der Waals surface area contributed by atoms with E-state index >= 15 is 0 Å². The average Bonchev–Trinajstić information content (AvgIpc) is 3.21. The van der Waals surface area contributed by atoms with Crippen molar-refractivity contribution in [2.75, 3.05) is 13.7 Å². The van der Waals surface area contributed by atoms with E-state index in [0.717, 1.165) is 16.7 Å². The van der Waals surface area contributed by atoms with Crippen molar-refractivity contribution in [2.24, 2.45) is 0 Å². The highest BCUT2D eigenvalue weighted by Crippen LogP contribution is 2.18. The van der Waals surface area contributed by atoms with Gasteiger partial charge < -0.3 is 14.1 Å². The lowest BCUT2D eigenvalue weighted by Gasteiger charge is -2.17. The Hall–Kier alpha value is -3.55. The minimum Gasteiger partial charge on any atom is -0.456 e. The molecule has 1 heterocycles. The predicted molar refractivity (Wildman–Crippen MR) is 107 cm³/mol. The average molecular weight is 411 g/mol. The lowest BCUT2D eigenvalue weighted by molar-refractivity contribution is -0.151. The fourth-order valence-corrected chi connectivity index (χ4v) is 2.65. The number of carbonyl (C=O) groups excluding carboxylic acids is 2. The second-order valence-electron chi connectivity index (χ2n) is 6.90. The molecule has 1 aromatic heterocycles. The van der Waals surface area contributed by atoms with Crippen molar-refractivity contribution in [1.82, 2.24) is 15.1 Å². The van der Waals surface area contributed by atoms with Crippen molar-refractivity contribution in [3.8, 4) is 11.5 Å². The maximum Gasteiger partial charge on any atom is 0.306 e. The van der Waals surface area contributed by atoms with Gasteiger partial charge in [0.2, 0.25) is 11.8 Å². The quantitative estimate of drug-likeness (QED) is 0.529. The molecular formula is C22H22FN3O4. The van der Waals surface area contributed by atoms with Gasteiger partial charge in [0.15, 0.2) is 6.61 Å². The number of hydrogen-bond donors (Lipinski definition) is 0. The SMILES string of the molecule is Cc1ccc(-c2nnc(CCC(=O)OCC(=O)N(C)Cc3ccc(F)cc3)o2)cc1. The summed E-state index contributed by atoms with van der Waals surface area (Å²) in [5.74, 6) is -0.520. The number of rotatable bonds is 8. The molecule has 3 rings (SSSR count). The van der Waals surface area contributed by atoms with Crippen LogP contribution in [0, 0.1) is 12.7 Å². The Morgan fingerprint density at radius 2 is 1.77 bits per heavy atom. The van der Waals surface area contributed by atoms with Gasteiger partial charge in [-0.15, -0.1) is 10.2 Å². The number of halogens is 1. The number of ether oxygens (including phenoxy) is 1. The van der Waals surface area contributed by atoms with Crippen molar-refractivity contribution in [3.63, 3.8) is 0 Å². The molecule has 0 radical (unpaired) electrons. The van der Waals surface area contributed by atoms with Gasteiger partial charge in [-0.25, -0.2) is 4.39 Å². The van der Waals surface area contributed by atoms with Crippen LogP contribution in [0.3, 0.4) is 0 Å². The summed E-state index contributed by atoms with van der Waals surface area (Å²) >= 11 is 0. The Morgan fingerprint density at radius 3 is 2.47 bits per heavy atom. The third-order valence-electron chi connectivity index (χ3n) is 4.42. The molecule has 0 unspecified atom stereocenters. The largest absolute Gasteiger partial charge is 0.456 e. The van der Waals surface area contributed by atoms with E-state index in [1.807, 2.05) is 31.2 Å². The number of likely N-dealkylation sites (N-methyl/N-ethyl adjacent to an activating group) is 1. The standard InChI is InChI=1S/C22H22FN3O4/c1-15-3-7-17(8-4-15)22-25-24-19(30-22)11-12-21(28)29-14-20(27)26(2)13-16-5-9-18(23)10-6-16/h3-10H,11-14H2,1-2H3. The Labute approximate surface area is 173 Å². The van der Waals surface area contributed by atoms with E-state index in [1.165, 1.54) is 17.0 Å². The summed E-state index contributed by atoms with van der Waals surface area (Å²) in [6.07, 6.45) is 0.238. The van der Waals surface area contributed by atoms with Crippen molar-refractivity contribution >= 4 is 11.9 Å². The van der Waals surface area contributed by atoms with Crippen LogP contribution >= 0.6 is 0 Å². The predicted octanol–water partition coefficient (Wildman–Crippen LogP) is 3.32. The Kier molecular flexibility index (Phi) is 6.90. The Balaban J connectivity index is 1.42. The van der Waals surface area contributed by atoms with Crippen LogP contribution < -0.4 is 0 Å². The summed E-state index contributed by atoms with van der Waals surface area (Å²) in [6.45, 7) is 1.91. The molecule has 8 heteroatoms. The number of carbonyl (C=O) groups is 2. The third-order valence-corrected chi connectivity index (χ3v) is 4.42. The molecule has 0 N–H and O–H groups in total. The van der Waals surface area contributed by atoms with Crippen molar-refractivity contribution in [3.05, 3.63) is 71.4 Å². The molecule has 1 amide bonds. The highest BCUT2D eigenvalue weighted by Gasteiger charge is 2.15. The number of amides is 1. The smallest absolute Gasteiger partial charge is 0.306 e. The first kappa shape index (κ1) is 21.2. The van der Waals surface area contributed by atoms with E-state index < -0.39 is 5.97 Å². The van der Waals surface area contributed by atoms with E-state index in [0.29, 0.717) is 18.3 Å². The van der Waals surface area contributed by atoms with Gasteiger partial charge >= 0.3 is 5.97 Å². The van der Waals surface area contributed by atoms with Crippen LogP contribution in [0.4, 0.5) is 4.39 Å². The van der Waals surface area contributed by atoms with E-state index in [-0.39, 0.29) is 31.2 Å². The van der Waals surface area contributed by atoms with E-state index in [1.54, 1.807) is 19.2 Å². The molecule has 0 saturated carbocycles. The summed E-state index contributed by atoms with van der Waals surface area (Å²) in [6, 6.07) is 13.5. The number of nitrogens with zero attached hydrogens (tertiary/aromatic N) is 3. The molecule has 2 aromatic carbocycles. The second-order valence-corrected chi connectivity index (χ2v) is 6.90. The third kappa shape index (κ3) is 5.97. The number of aromatic nitrogens is 2. The maximum absolute atomic E-state index is 12.9. The first-order chi connectivity index (χ1) is 14.4. The molecule has 0 fully saturated rings. The second kappa shape index (κ2) is 9.78. The van der Waals surface area contributed by atoms with Crippen LogP contribution in [0.1, 0.15) is 23.4 Å². The fourth-order valence-electron chi connectivity index (χ4n) is 2.65. The summed E-state index contributed by atoms with van der Waals surface area (Å²) in [4.78, 5) is 25.4. The van der Waals surface area contributed by atoms with Gasteiger partial charge in [0, 0.05) is 25.6 Å². The topological polar surface area (TPSA) is 85.5 Å². The van der Waals surface area contributed by atoms with Crippen LogP contribution in [0.15, 0.2) is 52.9 Å². The molecule has 3 aromatic rings. The van der Waals surface area contributed by atoms with E-state index in [9.17, 15) is 14.0 Å². The maximum atomic E-state index is 12.9. The van der Waals surface area contributed by atoms with E-state index in [4.69, 9.17) is 9.15 Å². The van der Waals surface area contributed by atoms with Crippen molar-refractivity contribution in [2.45, 2.75) is 26.3 Å². The molecule has 0 atom stereocenters. The van der Waals surface area contributed by atoms with Crippen molar-refractivity contribution < 1.29 is 23.1 Å². The number of aryl methyl sites for hydroxylation is 2. The molecule has 156 valence electrons.